The Kier molecular flexibility index (Phi) is 5.10. The summed E-state index contributed by atoms with van der Waals surface area (Å²) in [6, 6.07) is 3.76. The van der Waals surface area contributed by atoms with E-state index in [0.29, 0.717) is 0 Å². The van der Waals surface area contributed by atoms with E-state index in [1.807, 2.05) is 30.5 Å². The van der Waals surface area contributed by atoms with Crippen LogP contribution < -0.4 is 0 Å². The molecule has 0 saturated heterocycles. The second kappa shape index (κ2) is 6.87. The van der Waals surface area contributed by atoms with E-state index in [-0.39, 0.29) is 5.76 Å². The van der Waals surface area contributed by atoms with Crippen molar-refractivity contribution in [2.45, 2.75) is 19.2 Å². The van der Waals surface area contributed by atoms with Crippen molar-refractivity contribution in [2.24, 2.45) is 0 Å². The third kappa shape index (κ3) is 4.13. The zero-order valence-electron chi connectivity index (χ0n) is 12.0. The summed E-state index contributed by atoms with van der Waals surface area (Å²) in [4.78, 5) is 11.8. The third-order valence-corrected chi connectivity index (χ3v) is 3.97. The molecular formula is C16H13F3O3S. The first-order valence-electron chi connectivity index (χ1n) is 6.59. The lowest BCUT2D eigenvalue weighted by molar-refractivity contribution is -0.199. The number of thiophene rings is 1. The first kappa shape index (κ1) is 17.1. The number of ether oxygens (including phenoxy) is 1. The maximum Gasteiger partial charge on any atom is 0.430 e. The van der Waals surface area contributed by atoms with Gasteiger partial charge in [-0.25, -0.2) is 4.79 Å². The van der Waals surface area contributed by atoms with Crippen molar-refractivity contribution in [3.8, 4) is 0 Å². The molecule has 2 rings (SSSR count). The van der Waals surface area contributed by atoms with E-state index in [4.69, 9.17) is 9.84 Å². The van der Waals surface area contributed by atoms with Crippen LogP contribution in [-0.2, 0) is 9.53 Å². The Hall–Kier alpha value is -2.28. The summed E-state index contributed by atoms with van der Waals surface area (Å²) in [7, 11) is 0. The van der Waals surface area contributed by atoms with E-state index in [1.165, 1.54) is 23.5 Å². The maximum absolute atomic E-state index is 12.9. The van der Waals surface area contributed by atoms with Crippen molar-refractivity contribution in [3.05, 3.63) is 64.1 Å². The van der Waals surface area contributed by atoms with Gasteiger partial charge in [-0.15, -0.1) is 11.3 Å². The number of halogens is 3. The van der Waals surface area contributed by atoms with Crippen LogP contribution in [0.15, 0.2) is 59.2 Å². The predicted molar refractivity (Wildman–Crippen MR) is 81.8 cm³/mol. The number of hydrogen-bond donors (Lipinski definition) is 1. The van der Waals surface area contributed by atoms with Crippen LogP contribution in [0.25, 0.3) is 5.57 Å². The van der Waals surface area contributed by atoms with Crippen molar-refractivity contribution in [3.63, 3.8) is 0 Å². The second-order valence-electron chi connectivity index (χ2n) is 4.59. The zero-order valence-corrected chi connectivity index (χ0v) is 12.8. The number of aliphatic carboxylic acids is 1. The molecule has 3 nitrogen and oxygen atoms in total. The van der Waals surface area contributed by atoms with Gasteiger partial charge in [-0.3, -0.25) is 0 Å². The lowest BCUT2D eigenvalue weighted by Gasteiger charge is -2.25. The highest BCUT2D eigenvalue weighted by molar-refractivity contribution is 7.11. The van der Waals surface area contributed by atoms with Gasteiger partial charge in [0, 0.05) is 4.88 Å². The standard InChI is InChI=1S/C16H13F3O3S/c1-2-10(13-4-3-9-23-13)5-6-11-7-8-12(15(20)21)14(22-11)16(17,18)19/h2-9,14H,1H3,(H,20,21)/b6-5-,10-2+. The molecule has 1 aliphatic heterocycles. The monoisotopic (exact) mass is 342 g/mol. The van der Waals surface area contributed by atoms with Crippen molar-refractivity contribution in [1.82, 2.24) is 0 Å². The third-order valence-electron chi connectivity index (χ3n) is 3.05. The Bertz CT molecular complexity index is 695. The molecule has 0 aliphatic carbocycles. The Labute approximate surface area is 134 Å². The minimum absolute atomic E-state index is 0.0479. The average molecular weight is 342 g/mol. The van der Waals surface area contributed by atoms with Crippen molar-refractivity contribution in [1.29, 1.82) is 0 Å². The summed E-state index contributed by atoms with van der Waals surface area (Å²) >= 11 is 1.50. The van der Waals surface area contributed by atoms with Crippen LogP contribution in [0.4, 0.5) is 13.2 Å². The fourth-order valence-corrected chi connectivity index (χ4v) is 2.74. The summed E-state index contributed by atoms with van der Waals surface area (Å²) < 4.78 is 43.6. The minimum Gasteiger partial charge on any atom is -0.478 e. The highest BCUT2D eigenvalue weighted by Crippen LogP contribution is 2.33. The van der Waals surface area contributed by atoms with Crippen molar-refractivity contribution >= 4 is 22.9 Å². The number of allylic oxidation sites excluding steroid dienone is 6. The molecule has 7 heteroatoms. The molecule has 1 aromatic heterocycles. The van der Waals surface area contributed by atoms with Gasteiger partial charge in [0.1, 0.15) is 5.76 Å². The molecule has 1 N–H and O–H groups in total. The molecule has 0 fully saturated rings. The lowest BCUT2D eigenvalue weighted by Crippen LogP contribution is -2.37. The van der Waals surface area contributed by atoms with Gasteiger partial charge in [0.2, 0.25) is 6.10 Å². The van der Waals surface area contributed by atoms with Gasteiger partial charge in [-0.2, -0.15) is 13.2 Å². The maximum atomic E-state index is 12.9. The number of alkyl halides is 3. The number of carboxylic acid groups (broad SMARTS) is 1. The van der Waals surface area contributed by atoms with E-state index in [9.17, 15) is 18.0 Å². The van der Waals surface area contributed by atoms with Gasteiger partial charge in [0.05, 0.1) is 5.57 Å². The van der Waals surface area contributed by atoms with Crippen LogP contribution in [0.5, 0.6) is 0 Å². The van der Waals surface area contributed by atoms with Crippen LogP contribution in [0.2, 0.25) is 0 Å². The quantitative estimate of drug-likeness (QED) is 0.816. The lowest BCUT2D eigenvalue weighted by atomic mass is 10.1. The summed E-state index contributed by atoms with van der Waals surface area (Å²) in [5, 5.41) is 10.7. The van der Waals surface area contributed by atoms with Crippen LogP contribution in [-0.4, -0.2) is 23.4 Å². The van der Waals surface area contributed by atoms with Crippen LogP contribution in [0.1, 0.15) is 11.8 Å². The van der Waals surface area contributed by atoms with E-state index in [2.05, 4.69) is 0 Å². The van der Waals surface area contributed by atoms with E-state index in [0.717, 1.165) is 16.5 Å². The molecule has 0 aromatic carbocycles. The van der Waals surface area contributed by atoms with Crippen molar-refractivity contribution in [2.75, 3.05) is 0 Å². The summed E-state index contributed by atoms with van der Waals surface area (Å²) in [5.41, 5.74) is 0.000216. The summed E-state index contributed by atoms with van der Waals surface area (Å²) in [6.07, 6.45) is -0.289. The average Bonchev–Trinajstić information content (AvgIpc) is 3.01. The molecule has 2 heterocycles. The molecule has 122 valence electrons. The molecule has 0 amide bonds. The Morgan fingerprint density at radius 2 is 2.13 bits per heavy atom. The van der Waals surface area contributed by atoms with E-state index < -0.39 is 23.8 Å². The first-order valence-corrected chi connectivity index (χ1v) is 7.47. The fraction of sp³-hybridized carbons (Fsp3) is 0.188. The number of hydrogen-bond acceptors (Lipinski definition) is 3. The molecule has 1 aromatic rings. The molecule has 1 atom stereocenters. The molecule has 23 heavy (non-hydrogen) atoms. The van der Waals surface area contributed by atoms with Gasteiger partial charge < -0.3 is 9.84 Å². The molecule has 1 unspecified atom stereocenters. The summed E-state index contributed by atoms with van der Waals surface area (Å²) in [6.45, 7) is 1.82. The minimum atomic E-state index is -4.80. The second-order valence-corrected chi connectivity index (χ2v) is 5.54. The Balaban J connectivity index is 2.24. The van der Waals surface area contributed by atoms with Crippen LogP contribution >= 0.6 is 11.3 Å². The molecule has 0 spiro atoms. The van der Waals surface area contributed by atoms with Crippen LogP contribution in [0, 0.1) is 0 Å². The van der Waals surface area contributed by atoms with Gasteiger partial charge in [-0.1, -0.05) is 18.2 Å². The topological polar surface area (TPSA) is 46.5 Å². The molecule has 0 radical (unpaired) electrons. The van der Waals surface area contributed by atoms with Gasteiger partial charge in [0.15, 0.2) is 0 Å². The highest BCUT2D eigenvalue weighted by Gasteiger charge is 2.47. The first-order chi connectivity index (χ1) is 10.8. The van der Waals surface area contributed by atoms with Gasteiger partial charge in [0.25, 0.3) is 0 Å². The predicted octanol–water partition coefficient (Wildman–Crippen LogP) is 4.56. The number of carbonyl (C=O) groups is 1. The molecule has 0 bridgehead atoms. The molecule has 1 aliphatic rings. The van der Waals surface area contributed by atoms with Gasteiger partial charge >= 0.3 is 12.1 Å². The number of rotatable bonds is 4. The van der Waals surface area contributed by atoms with Gasteiger partial charge in [-0.05, 0) is 42.2 Å². The molecule has 0 saturated carbocycles. The zero-order chi connectivity index (χ0) is 17.0. The summed E-state index contributed by atoms with van der Waals surface area (Å²) in [5.74, 6) is -1.70. The molecular weight excluding hydrogens is 329 g/mol. The normalized spacial score (nSPS) is 19.3. The fourth-order valence-electron chi connectivity index (χ4n) is 1.95. The Morgan fingerprint density at radius 3 is 2.65 bits per heavy atom. The largest absolute Gasteiger partial charge is 0.478 e. The SMILES string of the molecule is C/C=C(\C=C/C1=CC=C(C(=O)O)C(C(F)(F)F)O1)c1cccs1. The highest BCUT2D eigenvalue weighted by atomic mass is 32.1. The van der Waals surface area contributed by atoms with E-state index >= 15 is 0 Å². The van der Waals surface area contributed by atoms with Crippen LogP contribution in [0.3, 0.4) is 0 Å². The Morgan fingerprint density at radius 1 is 1.39 bits per heavy atom. The van der Waals surface area contributed by atoms with E-state index in [1.54, 1.807) is 6.08 Å². The van der Waals surface area contributed by atoms with Crippen molar-refractivity contribution < 1.29 is 27.8 Å². The smallest absolute Gasteiger partial charge is 0.430 e. The number of carboxylic acids is 1.